The Kier molecular flexibility index (Phi) is 3.78. The lowest BCUT2D eigenvalue weighted by Crippen LogP contribution is -2.03. The first-order valence-electron chi connectivity index (χ1n) is 7.85. The molecule has 25 heavy (non-hydrogen) atoms. The van der Waals surface area contributed by atoms with Crippen LogP contribution in [0, 0.1) is 0 Å². The third kappa shape index (κ3) is 2.89. The molecule has 0 bridgehead atoms. The van der Waals surface area contributed by atoms with Crippen molar-refractivity contribution in [2.45, 2.75) is 6.92 Å². The van der Waals surface area contributed by atoms with Crippen molar-refractivity contribution in [2.24, 2.45) is 0 Å². The van der Waals surface area contributed by atoms with Crippen molar-refractivity contribution in [3.05, 3.63) is 65.0 Å². The van der Waals surface area contributed by atoms with Crippen LogP contribution in [0.2, 0.25) is 0 Å². The van der Waals surface area contributed by atoms with Crippen molar-refractivity contribution in [2.75, 3.05) is 6.61 Å². The molecule has 6 nitrogen and oxygen atoms in total. The zero-order valence-electron chi connectivity index (χ0n) is 13.4. The molecule has 0 fully saturated rings. The molecule has 0 spiro atoms. The number of rotatable bonds is 4. The highest BCUT2D eigenvalue weighted by Crippen LogP contribution is 2.25. The summed E-state index contributed by atoms with van der Waals surface area (Å²) in [4.78, 5) is 16.6. The Balaban J connectivity index is 1.77. The number of nitrogens with zero attached hydrogens (tertiary/aromatic N) is 2. The summed E-state index contributed by atoms with van der Waals surface area (Å²) in [5.74, 6) is 1.19. The Hall–Kier alpha value is -3.41. The predicted molar refractivity (Wildman–Crippen MR) is 92.4 cm³/mol. The lowest BCUT2D eigenvalue weighted by Gasteiger charge is -2.04. The Morgan fingerprint density at radius 3 is 2.72 bits per heavy atom. The van der Waals surface area contributed by atoms with Crippen molar-refractivity contribution in [3.8, 4) is 28.6 Å². The number of hydrogen-bond acceptors (Lipinski definition) is 6. The summed E-state index contributed by atoms with van der Waals surface area (Å²) in [6.45, 7) is 2.43. The fraction of sp³-hybridized carbons (Fsp3) is 0.105. The normalized spacial score (nSPS) is 10.9. The maximum Gasteiger partial charge on any atom is 0.349 e. The molecule has 0 saturated carbocycles. The molecule has 124 valence electrons. The summed E-state index contributed by atoms with van der Waals surface area (Å²) in [5.41, 5.74) is 0.947. The average Bonchev–Trinajstić information content (AvgIpc) is 3.12. The van der Waals surface area contributed by atoms with Gasteiger partial charge in [0.25, 0.3) is 5.89 Å². The first-order valence-corrected chi connectivity index (χ1v) is 7.85. The van der Waals surface area contributed by atoms with E-state index in [-0.39, 0.29) is 11.5 Å². The molecule has 0 aliphatic rings. The Morgan fingerprint density at radius 1 is 1.08 bits per heavy atom. The van der Waals surface area contributed by atoms with E-state index in [1.54, 1.807) is 12.1 Å². The fourth-order valence-electron chi connectivity index (χ4n) is 2.53. The van der Waals surface area contributed by atoms with Crippen molar-refractivity contribution in [1.29, 1.82) is 0 Å². The molecule has 4 aromatic rings. The lowest BCUT2D eigenvalue weighted by molar-refractivity contribution is 0.340. The molecular formula is C19H14N2O4. The van der Waals surface area contributed by atoms with Gasteiger partial charge >= 0.3 is 5.63 Å². The van der Waals surface area contributed by atoms with Gasteiger partial charge < -0.3 is 13.7 Å². The summed E-state index contributed by atoms with van der Waals surface area (Å²) in [6.07, 6.45) is 0. The summed E-state index contributed by atoms with van der Waals surface area (Å²) >= 11 is 0. The van der Waals surface area contributed by atoms with Gasteiger partial charge in [0.1, 0.15) is 16.9 Å². The second kappa shape index (κ2) is 6.24. The minimum atomic E-state index is -0.538. The molecule has 0 radical (unpaired) electrons. The van der Waals surface area contributed by atoms with Gasteiger partial charge in [-0.1, -0.05) is 35.5 Å². The van der Waals surface area contributed by atoms with Gasteiger partial charge in [0.2, 0.25) is 5.82 Å². The molecule has 0 N–H and O–H groups in total. The molecule has 0 aliphatic carbocycles. The summed E-state index contributed by atoms with van der Waals surface area (Å²) in [6, 6.07) is 16.4. The van der Waals surface area contributed by atoms with Crippen LogP contribution in [0.25, 0.3) is 33.8 Å². The van der Waals surface area contributed by atoms with Crippen LogP contribution in [0.3, 0.4) is 0 Å². The minimum Gasteiger partial charge on any atom is -0.494 e. The molecule has 6 heteroatoms. The van der Waals surface area contributed by atoms with Gasteiger partial charge in [0.05, 0.1) is 6.61 Å². The van der Waals surface area contributed by atoms with E-state index >= 15 is 0 Å². The van der Waals surface area contributed by atoms with Crippen LogP contribution in [-0.4, -0.2) is 16.7 Å². The second-order valence-electron chi connectivity index (χ2n) is 5.37. The minimum absolute atomic E-state index is 0.128. The first-order chi connectivity index (χ1) is 12.2. The highest BCUT2D eigenvalue weighted by atomic mass is 16.5. The average molecular weight is 334 g/mol. The molecule has 0 unspecified atom stereocenters. The Bertz CT molecular complexity index is 1080. The molecule has 0 aliphatic heterocycles. The monoisotopic (exact) mass is 334 g/mol. The van der Waals surface area contributed by atoms with E-state index in [0.717, 1.165) is 10.9 Å². The SMILES string of the molecule is CCOc1ccc2cc(-c3nc(-c4ccccc4)no3)c(=O)oc2c1. The van der Waals surface area contributed by atoms with E-state index in [9.17, 15) is 4.79 Å². The molecule has 2 aromatic heterocycles. The number of ether oxygens (including phenoxy) is 1. The Labute approximate surface area is 142 Å². The van der Waals surface area contributed by atoms with Gasteiger partial charge in [-0.25, -0.2) is 4.79 Å². The van der Waals surface area contributed by atoms with Crippen molar-refractivity contribution >= 4 is 11.0 Å². The van der Waals surface area contributed by atoms with E-state index in [2.05, 4.69) is 10.1 Å². The highest BCUT2D eigenvalue weighted by Gasteiger charge is 2.16. The smallest absolute Gasteiger partial charge is 0.349 e. The van der Waals surface area contributed by atoms with Gasteiger partial charge in [-0.2, -0.15) is 4.98 Å². The quantitative estimate of drug-likeness (QED) is 0.527. The maximum atomic E-state index is 12.3. The van der Waals surface area contributed by atoms with Crippen molar-refractivity contribution < 1.29 is 13.7 Å². The highest BCUT2D eigenvalue weighted by molar-refractivity contribution is 5.81. The summed E-state index contributed by atoms with van der Waals surface area (Å²) in [5, 5.41) is 4.68. The molecule has 2 heterocycles. The third-order valence-corrected chi connectivity index (χ3v) is 3.71. The molecule has 0 atom stereocenters. The Morgan fingerprint density at radius 2 is 1.92 bits per heavy atom. The van der Waals surface area contributed by atoms with Gasteiger partial charge in [-0.05, 0) is 25.1 Å². The largest absolute Gasteiger partial charge is 0.494 e. The second-order valence-corrected chi connectivity index (χ2v) is 5.37. The van der Waals surface area contributed by atoms with E-state index < -0.39 is 5.63 Å². The molecule has 2 aromatic carbocycles. The molecule has 0 amide bonds. The zero-order valence-corrected chi connectivity index (χ0v) is 13.4. The topological polar surface area (TPSA) is 78.4 Å². The zero-order chi connectivity index (χ0) is 17.2. The van der Waals surface area contributed by atoms with Crippen LogP contribution in [0.5, 0.6) is 5.75 Å². The summed E-state index contributed by atoms with van der Waals surface area (Å²) in [7, 11) is 0. The van der Waals surface area contributed by atoms with E-state index in [0.29, 0.717) is 23.8 Å². The van der Waals surface area contributed by atoms with Crippen LogP contribution >= 0.6 is 0 Å². The third-order valence-electron chi connectivity index (χ3n) is 3.71. The molecule has 4 rings (SSSR count). The standard InChI is InChI=1S/C19H14N2O4/c1-2-23-14-9-8-13-10-15(19(22)24-16(13)11-14)18-20-17(21-25-18)12-6-4-3-5-7-12/h3-11H,2H2,1H3. The van der Waals surface area contributed by atoms with E-state index in [1.807, 2.05) is 49.4 Å². The van der Waals surface area contributed by atoms with Crippen LogP contribution in [-0.2, 0) is 0 Å². The van der Waals surface area contributed by atoms with E-state index in [4.69, 9.17) is 13.7 Å². The maximum absolute atomic E-state index is 12.3. The number of hydrogen-bond donors (Lipinski definition) is 0. The predicted octanol–water partition coefficient (Wildman–Crippen LogP) is 3.91. The number of fused-ring (bicyclic) bond motifs is 1. The van der Waals surface area contributed by atoms with Crippen molar-refractivity contribution in [3.63, 3.8) is 0 Å². The van der Waals surface area contributed by atoms with Crippen LogP contribution in [0.15, 0.2) is 68.3 Å². The molecule has 0 saturated heterocycles. The summed E-state index contributed by atoms with van der Waals surface area (Å²) < 4.78 is 16.1. The first kappa shape index (κ1) is 15.1. The van der Waals surface area contributed by atoms with E-state index in [1.165, 1.54) is 0 Å². The number of benzene rings is 2. The fourth-order valence-corrected chi connectivity index (χ4v) is 2.53. The van der Waals surface area contributed by atoms with Crippen LogP contribution in [0.1, 0.15) is 6.92 Å². The van der Waals surface area contributed by atoms with Gasteiger partial charge in [-0.15, -0.1) is 0 Å². The number of aromatic nitrogens is 2. The van der Waals surface area contributed by atoms with Crippen molar-refractivity contribution in [1.82, 2.24) is 10.1 Å². The lowest BCUT2D eigenvalue weighted by atomic mass is 10.1. The molecular weight excluding hydrogens is 320 g/mol. The van der Waals surface area contributed by atoms with Crippen LogP contribution in [0.4, 0.5) is 0 Å². The van der Waals surface area contributed by atoms with Gasteiger partial charge in [0.15, 0.2) is 0 Å². The van der Waals surface area contributed by atoms with Gasteiger partial charge in [0, 0.05) is 17.0 Å². The van der Waals surface area contributed by atoms with Crippen LogP contribution < -0.4 is 10.4 Å². The van der Waals surface area contributed by atoms with Gasteiger partial charge in [-0.3, -0.25) is 0 Å².